The normalized spacial score (nSPS) is 15.8. The van der Waals surface area contributed by atoms with Gasteiger partial charge in [0.15, 0.2) is 0 Å². The predicted molar refractivity (Wildman–Crippen MR) is 58.3 cm³/mol. The molecule has 1 aliphatic heterocycles. The summed E-state index contributed by atoms with van der Waals surface area (Å²) < 4.78 is 0. The molecule has 0 aliphatic carbocycles. The molecule has 1 saturated heterocycles. The lowest BCUT2D eigenvalue weighted by atomic mass is 10.3. The molecule has 1 rings (SSSR count). The summed E-state index contributed by atoms with van der Waals surface area (Å²) >= 11 is 0. The van der Waals surface area contributed by atoms with Crippen LogP contribution in [0.4, 0.5) is 0 Å². The summed E-state index contributed by atoms with van der Waals surface area (Å²) in [7, 11) is 0. The van der Waals surface area contributed by atoms with Crippen molar-refractivity contribution >= 4 is 11.8 Å². The van der Waals surface area contributed by atoms with Crippen molar-refractivity contribution < 1.29 is 9.59 Å². The van der Waals surface area contributed by atoms with Crippen LogP contribution >= 0.6 is 0 Å². The molecule has 0 unspecified atom stereocenters. The highest BCUT2D eigenvalue weighted by Gasteiger charge is 2.18. The molecule has 0 aromatic carbocycles. The number of nitrogens with zero attached hydrogens (tertiary/aromatic N) is 1. The highest BCUT2D eigenvalue weighted by molar-refractivity contribution is 5.78. The third-order valence-electron chi connectivity index (χ3n) is 2.58. The van der Waals surface area contributed by atoms with Gasteiger partial charge in [0.1, 0.15) is 0 Å². The monoisotopic (exact) mass is 212 g/mol. The van der Waals surface area contributed by atoms with Gasteiger partial charge in [0.2, 0.25) is 11.8 Å². The van der Waals surface area contributed by atoms with Crippen LogP contribution in [0.5, 0.6) is 0 Å². The van der Waals surface area contributed by atoms with Crippen molar-refractivity contribution in [1.82, 2.24) is 10.2 Å². The summed E-state index contributed by atoms with van der Waals surface area (Å²) in [6.07, 6.45) is 4.03. The minimum Gasteiger partial charge on any atom is -0.356 e. The number of carbonyl (C=O) groups is 2. The maximum absolute atomic E-state index is 11.2. The molecule has 1 heterocycles. The van der Waals surface area contributed by atoms with Crippen LogP contribution in [0.2, 0.25) is 0 Å². The van der Waals surface area contributed by atoms with E-state index < -0.39 is 0 Å². The summed E-state index contributed by atoms with van der Waals surface area (Å²) in [6, 6.07) is 0. The Morgan fingerprint density at radius 3 is 2.93 bits per heavy atom. The first-order valence-corrected chi connectivity index (χ1v) is 5.78. The predicted octanol–water partition coefficient (Wildman–Crippen LogP) is 0.915. The fourth-order valence-electron chi connectivity index (χ4n) is 1.75. The average molecular weight is 212 g/mol. The molecular weight excluding hydrogens is 192 g/mol. The third-order valence-corrected chi connectivity index (χ3v) is 2.58. The molecule has 15 heavy (non-hydrogen) atoms. The Morgan fingerprint density at radius 1 is 1.53 bits per heavy atom. The zero-order valence-corrected chi connectivity index (χ0v) is 9.42. The lowest BCUT2D eigenvalue weighted by Crippen LogP contribution is -2.30. The van der Waals surface area contributed by atoms with Crippen LogP contribution in [0.15, 0.2) is 0 Å². The number of hydrogen-bond donors (Lipinski definition) is 1. The number of amides is 2. The minimum atomic E-state index is 0.116. The van der Waals surface area contributed by atoms with Crippen LogP contribution in [-0.4, -0.2) is 36.3 Å². The Hall–Kier alpha value is -1.06. The van der Waals surface area contributed by atoms with Gasteiger partial charge in [-0.05, 0) is 19.3 Å². The molecule has 0 spiro atoms. The van der Waals surface area contributed by atoms with Gasteiger partial charge in [-0.25, -0.2) is 0 Å². The quantitative estimate of drug-likeness (QED) is 0.665. The number of carbonyl (C=O) groups excluding carboxylic acids is 2. The van der Waals surface area contributed by atoms with Crippen molar-refractivity contribution in [2.45, 2.75) is 39.0 Å². The van der Waals surface area contributed by atoms with E-state index in [2.05, 4.69) is 5.32 Å². The number of likely N-dealkylation sites (tertiary alicyclic amines) is 1. The van der Waals surface area contributed by atoms with Gasteiger partial charge in [0, 0.05) is 32.5 Å². The Kier molecular flexibility index (Phi) is 5.15. The summed E-state index contributed by atoms with van der Waals surface area (Å²) in [5.41, 5.74) is 0. The molecule has 4 nitrogen and oxygen atoms in total. The van der Waals surface area contributed by atoms with E-state index in [0.29, 0.717) is 19.4 Å². The second-order valence-corrected chi connectivity index (χ2v) is 3.94. The Morgan fingerprint density at radius 2 is 2.33 bits per heavy atom. The maximum atomic E-state index is 11.2. The van der Waals surface area contributed by atoms with Crippen molar-refractivity contribution in [3.8, 4) is 0 Å². The van der Waals surface area contributed by atoms with E-state index in [1.807, 2.05) is 11.8 Å². The summed E-state index contributed by atoms with van der Waals surface area (Å²) in [6.45, 7) is 4.35. The zero-order valence-electron chi connectivity index (χ0n) is 9.42. The van der Waals surface area contributed by atoms with E-state index in [0.717, 1.165) is 32.4 Å². The third kappa shape index (κ3) is 4.32. The number of nitrogens with one attached hydrogen (secondary N) is 1. The molecular formula is C11H20N2O2. The van der Waals surface area contributed by atoms with Crippen molar-refractivity contribution in [2.24, 2.45) is 0 Å². The van der Waals surface area contributed by atoms with E-state index in [1.165, 1.54) is 0 Å². The topological polar surface area (TPSA) is 49.4 Å². The van der Waals surface area contributed by atoms with Crippen LogP contribution in [0.1, 0.15) is 39.0 Å². The van der Waals surface area contributed by atoms with Gasteiger partial charge in [-0.3, -0.25) is 9.59 Å². The first kappa shape index (κ1) is 12.0. The average Bonchev–Trinajstić information content (AvgIpc) is 2.60. The van der Waals surface area contributed by atoms with E-state index in [9.17, 15) is 9.59 Å². The molecule has 1 N–H and O–H groups in total. The van der Waals surface area contributed by atoms with Gasteiger partial charge in [0.05, 0.1) is 0 Å². The van der Waals surface area contributed by atoms with Crippen LogP contribution in [0, 0.1) is 0 Å². The largest absolute Gasteiger partial charge is 0.356 e. The second-order valence-electron chi connectivity index (χ2n) is 3.94. The van der Waals surface area contributed by atoms with Gasteiger partial charge in [-0.2, -0.15) is 0 Å². The highest BCUT2D eigenvalue weighted by atomic mass is 16.2. The van der Waals surface area contributed by atoms with E-state index in [1.54, 1.807) is 0 Å². The maximum Gasteiger partial charge on any atom is 0.222 e. The van der Waals surface area contributed by atoms with Crippen LogP contribution in [-0.2, 0) is 9.59 Å². The van der Waals surface area contributed by atoms with Gasteiger partial charge >= 0.3 is 0 Å². The van der Waals surface area contributed by atoms with Gasteiger partial charge in [-0.1, -0.05) is 6.92 Å². The molecule has 0 atom stereocenters. The zero-order chi connectivity index (χ0) is 11.1. The number of rotatable bonds is 6. The smallest absolute Gasteiger partial charge is 0.222 e. The van der Waals surface area contributed by atoms with E-state index >= 15 is 0 Å². The Labute approximate surface area is 91.0 Å². The van der Waals surface area contributed by atoms with Crippen molar-refractivity contribution in [2.75, 3.05) is 19.6 Å². The first-order valence-electron chi connectivity index (χ1n) is 5.78. The van der Waals surface area contributed by atoms with Crippen LogP contribution < -0.4 is 5.32 Å². The van der Waals surface area contributed by atoms with Gasteiger partial charge in [-0.15, -0.1) is 0 Å². The fraction of sp³-hybridized carbons (Fsp3) is 0.818. The molecule has 2 amide bonds. The molecule has 0 aromatic heterocycles. The summed E-state index contributed by atoms with van der Waals surface area (Å²) in [5, 5.41) is 2.85. The van der Waals surface area contributed by atoms with Crippen molar-refractivity contribution in [1.29, 1.82) is 0 Å². The summed E-state index contributed by atoms with van der Waals surface area (Å²) in [5.74, 6) is 0.375. The molecule has 0 saturated carbocycles. The molecule has 86 valence electrons. The van der Waals surface area contributed by atoms with Crippen molar-refractivity contribution in [3.05, 3.63) is 0 Å². The second kappa shape index (κ2) is 6.43. The first-order chi connectivity index (χ1) is 7.24. The lowest BCUT2D eigenvalue weighted by Gasteiger charge is -2.15. The van der Waals surface area contributed by atoms with E-state index in [-0.39, 0.29) is 11.8 Å². The number of hydrogen-bond acceptors (Lipinski definition) is 2. The van der Waals surface area contributed by atoms with Crippen LogP contribution in [0.3, 0.4) is 0 Å². The Balaban J connectivity index is 2.01. The lowest BCUT2D eigenvalue weighted by molar-refractivity contribution is -0.127. The summed E-state index contributed by atoms with van der Waals surface area (Å²) in [4.78, 5) is 24.2. The molecule has 0 bridgehead atoms. The molecule has 0 aromatic rings. The molecule has 4 heteroatoms. The van der Waals surface area contributed by atoms with Gasteiger partial charge in [0.25, 0.3) is 0 Å². The van der Waals surface area contributed by atoms with Crippen molar-refractivity contribution in [3.63, 3.8) is 0 Å². The highest BCUT2D eigenvalue weighted by Crippen LogP contribution is 2.09. The standard InChI is InChI=1S/C11H20N2O2/c1-2-5-10(14)12-7-4-9-13-8-3-6-11(13)15/h2-9H2,1H3,(H,12,14). The SMILES string of the molecule is CCCC(=O)NCCCN1CCCC1=O. The van der Waals surface area contributed by atoms with Gasteiger partial charge < -0.3 is 10.2 Å². The van der Waals surface area contributed by atoms with Crippen LogP contribution in [0.25, 0.3) is 0 Å². The molecule has 1 aliphatic rings. The molecule has 1 fully saturated rings. The minimum absolute atomic E-state index is 0.116. The Bertz CT molecular complexity index is 229. The molecule has 0 radical (unpaired) electrons. The fourth-order valence-corrected chi connectivity index (χ4v) is 1.75. The van der Waals surface area contributed by atoms with E-state index in [4.69, 9.17) is 0 Å².